The van der Waals surface area contributed by atoms with Crippen LogP contribution in [0.1, 0.15) is 19.7 Å². The molecule has 7 heteroatoms. The van der Waals surface area contributed by atoms with E-state index in [2.05, 4.69) is 39.0 Å². The van der Waals surface area contributed by atoms with Gasteiger partial charge in [-0.15, -0.1) is 0 Å². The van der Waals surface area contributed by atoms with Gasteiger partial charge in [0.15, 0.2) is 0 Å². The van der Waals surface area contributed by atoms with Gasteiger partial charge in [0, 0.05) is 39.3 Å². The van der Waals surface area contributed by atoms with Crippen LogP contribution in [0.25, 0.3) is 0 Å². The van der Waals surface area contributed by atoms with Gasteiger partial charge in [-0.2, -0.15) is 15.0 Å². The second kappa shape index (κ2) is 5.66. The average molecular weight is 265 g/mol. The lowest BCUT2D eigenvalue weighted by Crippen LogP contribution is -2.54. The summed E-state index contributed by atoms with van der Waals surface area (Å²) in [6.07, 6.45) is 0. The van der Waals surface area contributed by atoms with Crippen LogP contribution in [0.4, 0.5) is 11.9 Å². The summed E-state index contributed by atoms with van der Waals surface area (Å²) in [6.45, 7) is 7.11. The van der Waals surface area contributed by atoms with Crippen molar-refractivity contribution in [1.29, 1.82) is 0 Å². The van der Waals surface area contributed by atoms with Crippen LogP contribution in [0.3, 0.4) is 0 Å². The number of nitrogens with zero attached hydrogens (tertiary/aromatic N) is 5. The zero-order chi connectivity index (χ0) is 14.0. The Hall–Kier alpha value is -1.47. The van der Waals surface area contributed by atoms with Gasteiger partial charge >= 0.3 is 0 Å². The molecule has 1 fully saturated rings. The second-order valence-corrected chi connectivity index (χ2v) is 5.33. The molecule has 0 amide bonds. The molecule has 0 aliphatic carbocycles. The average Bonchev–Trinajstić information content (AvgIpc) is 2.33. The lowest BCUT2D eigenvalue weighted by atomic mass is 10.1. The van der Waals surface area contributed by atoms with Crippen LogP contribution in [0, 0.1) is 0 Å². The van der Waals surface area contributed by atoms with Crippen molar-refractivity contribution in [3.8, 4) is 0 Å². The molecule has 1 aromatic heterocycles. The van der Waals surface area contributed by atoms with Gasteiger partial charge in [-0.05, 0) is 13.8 Å². The van der Waals surface area contributed by atoms with Gasteiger partial charge in [0.2, 0.25) is 11.9 Å². The third kappa shape index (κ3) is 3.30. The summed E-state index contributed by atoms with van der Waals surface area (Å²) < 4.78 is 0. The van der Waals surface area contributed by atoms with Gasteiger partial charge in [-0.3, -0.25) is 4.90 Å². The molecule has 2 unspecified atom stereocenters. The zero-order valence-corrected chi connectivity index (χ0v) is 12.1. The minimum absolute atomic E-state index is 0.282. The molecule has 1 aliphatic heterocycles. The van der Waals surface area contributed by atoms with Crippen molar-refractivity contribution in [2.24, 2.45) is 0 Å². The molecule has 0 spiro atoms. The predicted molar refractivity (Wildman–Crippen MR) is 75.9 cm³/mol. The number of nitrogens with one attached hydrogen (secondary N) is 1. The van der Waals surface area contributed by atoms with Gasteiger partial charge in [0.1, 0.15) is 5.82 Å². The molecule has 1 saturated heterocycles. The monoisotopic (exact) mass is 265 g/mol. The first-order valence-corrected chi connectivity index (χ1v) is 6.61. The van der Waals surface area contributed by atoms with Gasteiger partial charge in [-0.25, -0.2) is 0 Å². The first-order chi connectivity index (χ1) is 8.97. The molecule has 0 saturated carbocycles. The van der Waals surface area contributed by atoms with Gasteiger partial charge in [0.25, 0.3) is 0 Å². The van der Waals surface area contributed by atoms with Crippen molar-refractivity contribution in [3.05, 3.63) is 5.82 Å². The third-order valence-electron chi connectivity index (χ3n) is 3.42. The van der Waals surface area contributed by atoms with Crippen molar-refractivity contribution in [1.82, 2.24) is 25.2 Å². The molecular formula is C12H23N7. The molecule has 1 aromatic rings. The van der Waals surface area contributed by atoms with Gasteiger partial charge < -0.3 is 16.0 Å². The number of hydrogen-bond acceptors (Lipinski definition) is 7. The summed E-state index contributed by atoms with van der Waals surface area (Å²) in [6, 6.07) is 0.925. The molecule has 2 atom stereocenters. The largest absolute Gasteiger partial charge is 0.368 e. The highest BCUT2D eigenvalue weighted by atomic mass is 15.3. The molecule has 106 valence electrons. The summed E-state index contributed by atoms with van der Waals surface area (Å²) in [5, 5.41) is 3.41. The maximum absolute atomic E-state index is 5.75. The highest BCUT2D eigenvalue weighted by Crippen LogP contribution is 2.14. The molecule has 2 heterocycles. The minimum atomic E-state index is 0.282. The van der Waals surface area contributed by atoms with E-state index in [1.54, 1.807) is 0 Å². The lowest BCUT2D eigenvalue weighted by molar-refractivity contribution is 0.105. The lowest BCUT2D eigenvalue weighted by Gasteiger charge is -2.38. The highest BCUT2D eigenvalue weighted by Gasteiger charge is 2.25. The molecule has 0 aromatic carbocycles. The number of hydrogen-bond donors (Lipinski definition) is 2. The summed E-state index contributed by atoms with van der Waals surface area (Å²) in [5.74, 6) is 1.62. The quantitative estimate of drug-likeness (QED) is 0.776. The fourth-order valence-corrected chi connectivity index (χ4v) is 2.34. The molecule has 1 aliphatic rings. The Morgan fingerprint density at radius 3 is 2.42 bits per heavy atom. The molecule has 2 rings (SSSR count). The third-order valence-corrected chi connectivity index (χ3v) is 3.42. The number of aromatic nitrogens is 3. The molecule has 3 N–H and O–H groups in total. The van der Waals surface area contributed by atoms with Crippen molar-refractivity contribution in [2.75, 3.05) is 37.8 Å². The van der Waals surface area contributed by atoms with E-state index in [-0.39, 0.29) is 5.95 Å². The smallest absolute Gasteiger partial charge is 0.229 e. The molecule has 0 radical (unpaired) electrons. The van der Waals surface area contributed by atoms with Crippen LogP contribution >= 0.6 is 0 Å². The van der Waals surface area contributed by atoms with E-state index in [1.165, 1.54) is 0 Å². The summed E-state index contributed by atoms with van der Waals surface area (Å²) >= 11 is 0. The minimum Gasteiger partial charge on any atom is -0.368 e. The molecule has 0 bridgehead atoms. The van der Waals surface area contributed by atoms with E-state index < -0.39 is 0 Å². The van der Waals surface area contributed by atoms with Crippen LogP contribution in [0.5, 0.6) is 0 Å². The maximum atomic E-state index is 5.75. The Morgan fingerprint density at radius 1 is 1.21 bits per heavy atom. The number of piperazine rings is 1. The Balaban J connectivity index is 2.17. The first-order valence-electron chi connectivity index (χ1n) is 6.61. The van der Waals surface area contributed by atoms with Gasteiger partial charge in [0.05, 0.1) is 6.54 Å². The van der Waals surface area contributed by atoms with Crippen LogP contribution in [0.2, 0.25) is 0 Å². The van der Waals surface area contributed by atoms with Crippen LogP contribution in [-0.4, -0.2) is 59.1 Å². The van der Waals surface area contributed by atoms with E-state index >= 15 is 0 Å². The Kier molecular flexibility index (Phi) is 4.16. The summed E-state index contributed by atoms with van der Waals surface area (Å²) in [5.41, 5.74) is 5.75. The van der Waals surface area contributed by atoms with Crippen LogP contribution in [0.15, 0.2) is 0 Å². The molecular weight excluding hydrogens is 242 g/mol. The van der Waals surface area contributed by atoms with Crippen molar-refractivity contribution < 1.29 is 0 Å². The SMILES string of the molecule is CC1CNCC(C)N1Cc1nc(N)nc(N(C)C)n1. The van der Waals surface area contributed by atoms with E-state index in [9.17, 15) is 0 Å². The number of nitrogens with two attached hydrogens (primary N) is 1. The fraction of sp³-hybridized carbons (Fsp3) is 0.750. The van der Waals surface area contributed by atoms with E-state index in [0.717, 1.165) is 18.9 Å². The summed E-state index contributed by atoms with van der Waals surface area (Å²) in [7, 11) is 3.79. The number of rotatable bonds is 3. The van der Waals surface area contributed by atoms with Crippen LogP contribution in [-0.2, 0) is 6.54 Å². The Bertz CT molecular complexity index is 424. The first kappa shape index (κ1) is 14.0. The Labute approximate surface area is 114 Å². The van der Waals surface area contributed by atoms with Crippen molar-refractivity contribution in [2.45, 2.75) is 32.5 Å². The summed E-state index contributed by atoms with van der Waals surface area (Å²) in [4.78, 5) is 17.1. The number of nitrogen functional groups attached to an aromatic ring is 1. The van der Waals surface area contributed by atoms with E-state index in [4.69, 9.17) is 5.73 Å². The number of anilines is 2. The van der Waals surface area contributed by atoms with Crippen LogP contribution < -0.4 is 16.0 Å². The normalized spacial score (nSPS) is 24.4. The van der Waals surface area contributed by atoms with E-state index in [0.29, 0.717) is 24.6 Å². The van der Waals surface area contributed by atoms with Gasteiger partial charge in [-0.1, -0.05) is 0 Å². The topological polar surface area (TPSA) is 83.2 Å². The molecule has 19 heavy (non-hydrogen) atoms. The van der Waals surface area contributed by atoms with Crippen molar-refractivity contribution >= 4 is 11.9 Å². The fourth-order valence-electron chi connectivity index (χ4n) is 2.34. The maximum Gasteiger partial charge on any atom is 0.229 e. The predicted octanol–water partition coefficient (Wildman–Crippen LogP) is -0.298. The highest BCUT2D eigenvalue weighted by molar-refractivity contribution is 5.32. The molecule has 7 nitrogen and oxygen atoms in total. The second-order valence-electron chi connectivity index (χ2n) is 5.33. The van der Waals surface area contributed by atoms with E-state index in [1.807, 2.05) is 19.0 Å². The Morgan fingerprint density at radius 2 is 1.84 bits per heavy atom. The van der Waals surface area contributed by atoms with Crippen molar-refractivity contribution in [3.63, 3.8) is 0 Å². The zero-order valence-electron chi connectivity index (χ0n) is 12.1. The standard InChI is InChI=1S/C12H23N7/c1-8-5-14-6-9(2)19(8)7-10-15-11(13)17-12(16-10)18(3)4/h8-9,14H,5-7H2,1-4H3,(H2,13,15,16,17).